The maximum atomic E-state index is 12.8. The van der Waals surface area contributed by atoms with Crippen molar-refractivity contribution >= 4 is 33.1 Å². The lowest BCUT2D eigenvalue weighted by Crippen LogP contribution is -2.17. The van der Waals surface area contributed by atoms with Gasteiger partial charge in [0.2, 0.25) is 0 Å². The highest BCUT2D eigenvalue weighted by atomic mass is 79.9. The fraction of sp³-hybridized carbons (Fsp3) is 0.125. The molecule has 0 radical (unpaired) electrons. The summed E-state index contributed by atoms with van der Waals surface area (Å²) in [4.78, 5) is 0.236. The number of ether oxygens (including phenoxy) is 1. The summed E-state index contributed by atoms with van der Waals surface area (Å²) in [5.74, 6) is 0.0342. The monoisotopic (exact) mass is 263 g/mol. The van der Waals surface area contributed by atoms with Crippen molar-refractivity contribution in [3.8, 4) is 5.75 Å². The fourth-order valence-corrected chi connectivity index (χ4v) is 1.27. The van der Waals surface area contributed by atoms with Crippen LogP contribution in [0.2, 0.25) is 0 Å². The average Bonchev–Trinajstić information content (AvgIpc) is 1.99. The highest BCUT2D eigenvalue weighted by Crippen LogP contribution is 2.20. The summed E-state index contributed by atoms with van der Waals surface area (Å²) in [6, 6.07) is 4.25. The summed E-state index contributed by atoms with van der Waals surface area (Å²) in [7, 11) is 0. The van der Waals surface area contributed by atoms with Crippen molar-refractivity contribution in [3.63, 3.8) is 0 Å². The van der Waals surface area contributed by atoms with Crippen molar-refractivity contribution in [2.75, 3.05) is 6.61 Å². The standard InChI is InChI=1S/C8H7BrFNOS/c9-5-1-6(10)3-7(2-5)12-4-8(11)13/h1-3H,4H2,(H2,11,13). The lowest BCUT2D eigenvalue weighted by molar-refractivity contribution is 0.374. The maximum absolute atomic E-state index is 12.8. The van der Waals surface area contributed by atoms with Crippen molar-refractivity contribution in [2.45, 2.75) is 0 Å². The third-order valence-electron chi connectivity index (χ3n) is 1.22. The van der Waals surface area contributed by atoms with Crippen molar-refractivity contribution in [1.29, 1.82) is 0 Å². The number of thiocarbonyl (C=S) groups is 1. The minimum atomic E-state index is -0.368. The SMILES string of the molecule is NC(=S)COc1cc(F)cc(Br)c1. The van der Waals surface area contributed by atoms with Crippen molar-refractivity contribution in [1.82, 2.24) is 0 Å². The molecular weight excluding hydrogens is 257 g/mol. The molecule has 2 nitrogen and oxygen atoms in total. The van der Waals surface area contributed by atoms with Crippen LogP contribution < -0.4 is 10.5 Å². The summed E-state index contributed by atoms with van der Waals surface area (Å²) >= 11 is 7.74. The topological polar surface area (TPSA) is 35.2 Å². The first-order valence-electron chi connectivity index (χ1n) is 3.45. The molecular formula is C8H7BrFNOS. The second-order valence-electron chi connectivity index (χ2n) is 2.36. The smallest absolute Gasteiger partial charge is 0.138 e. The van der Waals surface area contributed by atoms with Gasteiger partial charge in [-0.05, 0) is 12.1 Å². The summed E-state index contributed by atoms with van der Waals surface area (Å²) in [6.07, 6.45) is 0. The number of halogens is 2. The van der Waals surface area contributed by atoms with Crippen LogP contribution in [0.15, 0.2) is 22.7 Å². The van der Waals surface area contributed by atoms with Gasteiger partial charge < -0.3 is 10.5 Å². The lowest BCUT2D eigenvalue weighted by atomic mass is 10.3. The van der Waals surface area contributed by atoms with Gasteiger partial charge in [-0.3, -0.25) is 0 Å². The van der Waals surface area contributed by atoms with Gasteiger partial charge in [0.25, 0.3) is 0 Å². The molecule has 0 aromatic heterocycles. The minimum absolute atomic E-state index is 0.116. The first kappa shape index (κ1) is 10.4. The number of hydrogen-bond donors (Lipinski definition) is 1. The molecule has 0 atom stereocenters. The van der Waals surface area contributed by atoms with Gasteiger partial charge in [0.05, 0.1) is 0 Å². The van der Waals surface area contributed by atoms with Crippen LogP contribution in [0.1, 0.15) is 0 Å². The summed E-state index contributed by atoms with van der Waals surface area (Å²) in [5, 5.41) is 0. The second kappa shape index (κ2) is 4.53. The highest BCUT2D eigenvalue weighted by molar-refractivity contribution is 9.10. The van der Waals surface area contributed by atoms with E-state index in [1.165, 1.54) is 12.1 Å². The van der Waals surface area contributed by atoms with Gasteiger partial charge in [-0.15, -0.1) is 0 Å². The molecule has 0 aliphatic heterocycles. The van der Waals surface area contributed by atoms with E-state index in [2.05, 4.69) is 28.1 Å². The van der Waals surface area contributed by atoms with Gasteiger partial charge in [-0.25, -0.2) is 4.39 Å². The van der Waals surface area contributed by atoms with Crippen LogP contribution >= 0.6 is 28.1 Å². The van der Waals surface area contributed by atoms with E-state index in [1.807, 2.05) is 0 Å². The Kier molecular flexibility index (Phi) is 3.62. The van der Waals surface area contributed by atoms with Crippen LogP contribution in [0, 0.1) is 5.82 Å². The Hall–Kier alpha value is -0.680. The van der Waals surface area contributed by atoms with Gasteiger partial charge in [-0.2, -0.15) is 0 Å². The molecule has 0 saturated carbocycles. The number of hydrogen-bond acceptors (Lipinski definition) is 2. The number of benzene rings is 1. The van der Waals surface area contributed by atoms with Crippen molar-refractivity contribution in [2.24, 2.45) is 5.73 Å². The number of nitrogens with two attached hydrogens (primary N) is 1. The Morgan fingerprint density at radius 2 is 2.23 bits per heavy atom. The van der Waals surface area contributed by atoms with Crippen LogP contribution in [0.4, 0.5) is 4.39 Å². The van der Waals surface area contributed by atoms with E-state index in [4.69, 9.17) is 10.5 Å². The van der Waals surface area contributed by atoms with Crippen LogP contribution in [-0.4, -0.2) is 11.6 Å². The molecule has 0 bridgehead atoms. The quantitative estimate of drug-likeness (QED) is 0.850. The molecule has 0 saturated heterocycles. The largest absolute Gasteiger partial charge is 0.486 e. The van der Waals surface area contributed by atoms with Crippen molar-refractivity contribution < 1.29 is 9.13 Å². The minimum Gasteiger partial charge on any atom is -0.486 e. The Morgan fingerprint density at radius 1 is 1.54 bits per heavy atom. The Labute approximate surface area is 89.0 Å². The average molecular weight is 264 g/mol. The van der Waals surface area contributed by atoms with Crippen LogP contribution in [0.25, 0.3) is 0 Å². The van der Waals surface area contributed by atoms with Gasteiger partial charge in [0.15, 0.2) is 0 Å². The molecule has 0 unspecified atom stereocenters. The van der Waals surface area contributed by atoms with Crippen LogP contribution in [0.5, 0.6) is 5.75 Å². The molecule has 0 heterocycles. The molecule has 1 rings (SSSR count). The van der Waals surface area contributed by atoms with Gasteiger partial charge in [0.1, 0.15) is 23.2 Å². The molecule has 70 valence electrons. The molecule has 2 N–H and O–H groups in total. The first-order chi connectivity index (χ1) is 6.08. The number of rotatable bonds is 3. The molecule has 5 heteroatoms. The first-order valence-corrected chi connectivity index (χ1v) is 4.65. The third-order valence-corrected chi connectivity index (χ3v) is 1.79. The van der Waals surface area contributed by atoms with E-state index in [-0.39, 0.29) is 17.4 Å². The summed E-state index contributed by atoms with van der Waals surface area (Å²) in [5.41, 5.74) is 5.22. The van der Waals surface area contributed by atoms with Gasteiger partial charge in [0, 0.05) is 10.5 Å². The summed E-state index contributed by atoms with van der Waals surface area (Å²) in [6.45, 7) is 0.116. The molecule has 1 aromatic rings. The van der Waals surface area contributed by atoms with E-state index in [0.717, 1.165) is 0 Å². The molecule has 0 aliphatic carbocycles. The molecule has 13 heavy (non-hydrogen) atoms. The van der Waals surface area contributed by atoms with E-state index in [1.54, 1.807) is 6.07 Å². The zero-order valence-electron chi connectivity index (χ0n) is 6.59. The van der Waals surface area contributed by atoms with Gasteiger partial charge >= 0.3 is 0 Å². The van der Waals surface area contributed by atoms with Crippen LogP contribution in [-0.2, 0) is 0 Å². The van der Waals surface area contributed by atoms with Crippen LogP contribution in [0.3, 0.4) is 0 Å². The van der Waals surface area contributed by atoms with Gasteiger partial charge in [-0.1, -0.05) is 28.1 Å². The Bertz CT molecular complexity index is 312. The molecule has 0 fully saturated rings. The van der Waals surface area contributed by atoms with E-state index < -0.39 is 0 Å². The normalized spacial score (nSPS) is 9.69. The Morgan fingerprint density at radius 3 is 2.77 bits per heavy atom. The summed E-state index contributed by atoms with van der Waals surface area (Å²) < 4.78 is 18.5. The predicted molar refractivity (Wildman–Crippen MR) is 56.4 cm³/mol. The zero-order chi connectivity index (χ0) is 9.84. The van der Waals surface area contributed by atoms with E-state index in [0.29, 0.717) is 10.2 Å². The highest BCUT2D eigenvalue weighted by Gasteiger charge is 2.00. The predicted octanol–water partition coefficient (Wildman–Crippen LogP) is 2.25. The third kappa shape index (κ3) is 3.69. The zero-order valence-corrected chi connectivity index (χ0v) is 8.99. The molecule has 0 amide bonds. The fourth-order valence-electron chi connectivity index (χ4n) is 0.766. The van der Waals surface area contributed by atoms with E-state index in [9.17, 15) is 4.39 Å². The maximum Gasteiger partial charge on any atom is 0.138 e. The van der Waals surface area contributed by atoms with Crippen molar-refractivity contribution in [3.05, 3.63) is 28.5 Å². The van der Waals surface area contributed by atoms with E-state index >= 15 is 0 Å². The Balaban J connectivity index is 2.71. The lowest BCUT2D eigenvalue weighted by Gasteiger charge is -2.04. The molecule has 0 spiro atoms. The second-order valence-corrected chi connectivity index (χ2v) is 3.80. The molecule has 1 aromatic carbocycles. The molecule has 0 aliphatic rings.